The minimum atomic E-state index is -1.17. The number of benzene rings is 2. The Bertz CT molecular complexity index is 1010. The van der Waals surface area contributed by atoms with Gasteiger partial charge in [-0.1, -0.05) is 17.7 Å². The molecule has 1 aromatic heterocycles. The highest BCUT2D eigenvalue weighted by atomic mass is 35.5. The van der Waals surface area contributed by atoms with Crippen LogP contribution >= 0.6 is 22.9 Å². The lowest BCUT2D eigenvalue weighted by molar-refractivity contribution is -0.123. The van der Waals surface area contributed by atoms with E-state index in [-0.39, 0.29) is 15.6 Å². The van der Waals surface area contributed by atoms with Crippen molar-refractivity contribution in [3.8, 4) is 0 Å². The zero-order valence-electron chi connectivity index (χ0n) is 13.4. The summed E-state index contributed by atoms with van der Waals surface area (Å²) in [4.78, 5) is 24.5. The summed E-state index contributed by atoms with van der Waals surface area (Å²) in [6.45, 7) is 1.36. The van der Waals surface area contributed by atoms with Crippen LogP contribution in [0.15, 0.2) is 42.5 Å². The van der Waals surface area contributed by atoms with Crippen LogP contribution in [0.2, 0.25) is 5.02 Å². The van der Waals surface area contributed by atoms with Crippen molar-refractivity contribution < 1.29 is 23.1 Å². The lowest BCUT2D eigenvalue weighted by atomic mass is 10.2. The van der Waals surface area contributed by atoms with Gasteiger partial charge in [-0.25, -0.2) is 13.6 Å². The van der Waals surface area contributed by atoms with Gasteiger partial charge in [-0.2, -0.15) is 0 Å². The number of hydrogen-bond acceptors (Lipinski definition) is 4. The molecule has 0 unspecified atom stereocenters. The molecule has 1 amide bonds. The average Bonchev–Trinajstić information content (AvgIpc) is 3.03. The number of halogens is 3. The molecule has 0 aliphatic rings. The number of hydrogen-bond donors (Lipinski definition) is 1. The first kappa shape index (κ1) is 18.3. The van der Waals surface area contributed by atoms with E-state index in [1.807, 2.05) is 0 Å². The van der Waals surface area contributed by atoms with Gasteiger partial charge in [0.1, 0.15) is 16.5 Å². The fourth-order valence-corrected chi connectivity index (χ4v) is 3.34. The molecule has 3 rings (SSSR count). The second-order valence-corrected chi connectivity index (χ2v) is 6.94. The summed E-state index contributed by atoms with van der Waals surface area (Å²) in [5.41, 5.74) is -0.0776. The highest BCUT2D eigenvalue weighted by Gasteiger charge is 2.22. The van der Waals surface area contributed by atoms with Gasteiger partial charge in [-0.3, -0.25) is 4.79 Å². The van der Waals surface area contributed by atoms with E-state index in [0.717, 1.165) is 17.4 Å². The first-order valence-corrected chi connectivity index (χ1v) is 8.69. The smallest absolute Gasteiger partial charge is 0.349 e. The molecule has 0 aliphatic carbocycles. The molecule has 4 nitrogen and oxygen atoms in total. The molecule has 1 heterocycles. The second kappa shape index (κ2) is 7.39. The standard InChI is InChI=1S/C18H12ClF2NO3S/c1-9(17(23)22-14-6-5-10(19)7-13(14)21)25-18(24)16-8-11-12(20)3-2-4-15(11)26-16/h2-9H,1H3,(H,22,23)/t9-/m0/s1. The molecule has 0 spiro atoms. The quantitative estimate of drug-likeness (QED) is 0.631. The van der Waals surface area contributed by atoms with E-state index in [0.29, 0.717) is 10.1 Å². The van der Waals surface area contributed by atoms with Crippen molar-refractivity contribution in [2.75, 3.05) is 5.32 Å². The van der Waals surface area contributed by atoms with E-state index in [1.54, 1.807) is 12.1 Å². The maximum Gasteiger partial charge on any atom is 0.349 e. The Labute approximate surface area is 156 Å². The van der Waals surface area contributed by atoms with E-state index in [9.17, 15) is 18.4 Å². The van der Waals surface area contributed by atoms with Crippen LogP contribution in [-0.2, 0) is 9.53 Å². The Morgan fingerprint density at radius 3 is 2.62 bits per heavy atom. The molecule has 26 heavy (non-hydrogen) atoms. The zero-order valence-corrected chi connectivity index (χ0v) is 15.0. The van der Waals surface area contributed by atoms with Crippen molar-refractivity contribution in [2.45, 2.75) is 13.0 Å². The van der Waals surface area contributed by atoms with Gasteiger partial charge >= 0.3 is 5.97 Å². The van der Waals surface area contributed by atoms with Crippen molar-refractivity contribution in [3.63, 3.8) is 0 Å². The Kier molecular flexibility index (Phi) is 5.20. The van der Waals surface area contributed by atoms with Crippen LogP contribution in [-0.4, -0.2) is 18.0 Å². The predicted octanol–water partition coefficient (Wildman–Crippen LogP) is 5.02. The van der Waals surface area contributed by atoms with Crippen molar-refractivity contribution in [1.82, 2.24) is 0 Å². The van der Waals surface area contributed by atoms with E-state index >= 15 is 0 Å². The Hall–Kier alpha value is -2.51. The summed E-state index contributed by atoms with van der Waals surface area (Å²) in [6, 6.07) is 9.67. The number of carbonyl (C=O) groups excluding carboxylic acids is 2. The van der Waals surface area contributed by atoms with Crippen LogP contribution in [0.25, 0.3) is 10.1 Å². The predicted molar refractivity (Wildman–Crippen MR) is 96.7 cm³/mol. The molecule has 0 saturated carbocycles. The molecule has 0 saturated heterocycles. The van der Waals surface area contributed by atoms with Gasteiger partial charge in [0.05, 0.1) is 5.69 Å². The van der Waals surface area contributed by atoms with Crippen LogP contribution in [0.1, 0.15) is 16.6 Å². The molecule has 1 N–H and O–H groups in total. The van der Waals surface area contributed by atoms with Gasteiger partial charge in [0.15, 0.2) is 6.10 Å². The number of esters is 1. The van der Waals surface area contributed by atoms with Crippen LogP contribution < -0.4 is 5.32 Å². The first-order chi connectivity index (χ1) is 12.3. The summed E-state index contributed by atoms with van der Waals surface area (Å²) in [7, 11) is 0. The van der Waals surface area contributed by atoms with Crippen molar-refractivity contribution in [1.29, 1.82) is 0 Å². The number of thiophene rings is 1. The molecule has 0 fully saturated rings. The fourth-order valence-electron chi connectivity index (χ4n) is 2.22. The summed E-state index contributed by atoms with van der Waals surface area (Å²) in [5, 5.41) is 2.82. The van der Waals surface area contributed by atoms with Crippen molar-refractivity contribution in [3.05, 3.63) is 64.0 Å². The average molecular weight is 396 g/mol. The molecule has 8 heteroatoms. The van der Waals surface area contributed by atoms with Gasteiger partial charge in [0.2, 0.25) is 0 Å². The second-order valence-electron chi connectivity index (χ2n) is 5.42. The van der Waals surface area contributed by atoms with E-state index in [2.05, 4.69) is 5.32 Å². The lowest BCUT2D eigenvalue weighted by Gasteiger charge is -2.13. The van der Waals surface area contributed by atoms with E-state index in [1.165, 1.54) is 31.2 Å². The number of anilines is 1. The van der Waals surface area contributed by atoms with Gasteiger partial charge in [0.25, 0.3) is 5.91 Å². The van der Waals surface area contributed by atoms with Crippen LogP contribution in [0, 0.1) is 11.6 Å². The van der Waals surface area contributed by atoms with Gasteiger partial charge < -0.3 is 10.1 Å². The minimum Gasteiger partial charge on any atom is -0.448 e. The number of carbonyl (C=O) groups is 2. The highest BCUT2D eigenvalue weighted by molar-refractivity contribution is 7.20. The Morgan fingerprint density at radius 1 is 1.15 bits per heavy atom. The number of amides is 1. The third-order valence-electron chi connectivity index (χ3n) is 3.55. The largest absolute Gasteiger partial charge is 0.448 e. The fraction of sp³-hybridized carbons (Fsp3) is 0.111. The maximum atomic E-state index is 13.7. The van der Waals surface area contributed by atoms with Gasteiger partial charge in [0, 0.05) is 15.1 Å². The van der Waals surface area contributed by atoms with Crippen LogP contribution in [0.5, 0.6) is 0 Å². The minimum absolute atomic E-state index is 0.0776. The SMILES string of the molecule is C[C@H](OC(=O)c1cc2c(F)cccc2s1)C(=O)Nc1ccc(Cl)cc1F. The molecule has 134 valence electrons. The van der Waals surface area contributed by atoms with Crippen LogP contribution in [0.4, 0.5) is 14.5 Å². The molecular weight excluding hydrogens is 384 g/mol. The molecule has 0 aliphatic heterocycles. The van der Waals surface area contributed by atoms with Crippen molar-refractivity contribution in [2.24, 2.45) is 0 Å². The third-order valence-corrected chi connectivity index (χ3v) is 4.87. The summed E-state index contributed by atoms with van der Waals surface area (Å²) < 4.78 is 33.1. The number of nitrogens with one attached hydrogen (secondary N) is 1. The van der Waals surface area contributed by atoms with E-state index in [4.69, 9.17) is 16.3 Å². The summed E-state index contributed by atoms with van der Waals surface area (Å²) in [5.74, 6) is -2.61. The maximum absolute atomic E-state index is 13.7. The topological polar surface area (TPSA) is 55.4 Å². The third kappa shape index (κ3) is 3.84. The summed E-state index contributed by atoms with van der Waals surface area (Å²) in [6.07, 6.45) is -1.17. The monoisotopic (exact) mass is 395 g/mol. The first-order valence-electron chi connectivity index (χ1n) is 7.50. The van der Waals surface area contributed by atoms with Gasteiger partial charge in [-0.05, 0) is 43.3 Å². The lowest BCUT2D eigenvalue weighted by Crippen LogP contribution is -2.30. The molecule has 0 bridgehead atoms. The number of fused-ring (bicyclic) bond motifs is 1. The Morgan fingerprint density at radius 2 is 1.92 bits per heavy atom. The molecule has 1 atom stereocenters. The molecule has 0 radical (unpaired) electrons. The highest BCUT2D eigenvalue weighted by Crippen LogP contribution is 2.28. The number of ether oxygens (including phenoxy) is 1. The molecule has 2 aromatic carbocycles. The number of rotatable bonds is 4. The molecular formula is C18H12ClF2NO3S. The normalized spacial score (nSPS) is 12.0. The Balaban J connectivity index is 1.69. The van der Waals surface area contributed by atoms with E-state index < -0.39 is 29.6 Å². The summed E-state index contributed by atoms with van der Waals surface area (Å²) >= 11 is 6.71. The molecule has 3 aromatic rings. The van der Waals surface area contributed by atoms with Crippen molar-refractivity contribution >= 4 is 50.6 Å². The zero-order chi connectivity index (χ0) is 18.8. The van der Waals surface area contributed by atoms with Crippen LogP contribution in [0.3, 0.4) is 0 Å². The van der Waals surface area contributed by atoms with Gasteiger partial charge in [-0.15, -0.1) is 11.3 Å².